The number of Topliss-reactive ketones (excluding diaryl/α,β-unsaturated/α-hetero) is 1. The number of carbonyl (C=O) groups is 1. The average Bonchev–Trinajstić information content (AvgIpc) is 2.97. The van der Waals surface area contributed by atoms with Crippen molar-refractivity contribution in [2.75, 3.05) is 26.4 Å². The van der Waals surface area contributed by atoms with Crippen LogP contribution in [0.15, 0.2) is 0 Å². The van der Waals surface area contributed by atoms with E-state index in [0.29, 0.717) is 19.6 Å². The highest BCUT2D eigenvalue weighted by molar-refractivity contribution is 5.75. The first-order valence-electron chi connectivity index (χ1n) is 14.6. The molecule has 2 heterocycles. The number of hydrogen-bond donors (Lipinski definition) is 8. The number of nitrogens with one attached hydrogen (secondary N) is 1. The fraction of sp³-hybridized carbons (Fsp3) is 0.963. The van der Waals surface area contributed by atoms with Crippen LogP contribution in [0, 0.1) is 5.92 Å². The summed E-state index contributed by atoms with van der Waals surface area (Å²) in [5.74, 6) is -0.989. The van der Waals surface area contributed by atoms with Crippen LogP contribution in [0.25, 0.3) is 0 Å². The summed E-state index contributed by atoms with van der Waals surface area (Å²) >= 11 is 0. The molecule has 2 aliphatic rings. The van der Waals surface area contributed by atoms with Crippen molar-refractivity contribution < 1.29 is 69.0 Å². The van der Waals surface area contributed by atoms with Gasteiger partial charge in [-0.2, -0.15) is 0 Å². The van der Waals surface area contributed by atoms with Crippen molar-refractivity contribution >= 4 is 5.78 Å². The molecule has 15 heteroatoms. The van der Waals surface area contributed by atoms with E-state index in [4.69, 9.17) is 33.5 Å². The fourth-order valence-electron chi connectivity index (χ4n) is 4.84. The summed E-state index contributed by atoms with van der Waals surface area (Å²) in [6.07, 6.45) is -14.6. The van der Waals surface area contributed by atoms with E-state index >= 15 is 0 Å². The maximum absolute atomic E-state index is 11.7. The molecule has 14 atom stereocenters. The highest BCUT2D eigenvalue weighted by atomic mass is 16.8. The smallest absolute Gasteiger partial charge is 0.189 e. The van der Waals surface area contributed by atoms with Crippen LogP contribution in [0.2, 0.25) is 0 Å². The molecule has 0 aromatic heterocycles. The number of hydrogen-bond acceptors (Lipinski definition) is 15. The van der Waals surface area contributed by atoms with Crippen LogP contribution >= 0.6 is 0 Å². The van der Waals surface area contributed by atoms with Crippen molar-refractivity contribution in [2.45, 2.75) is 134 Å². The molecule has 248 valence electrons. The molecule has 2 rings (SSSR count). The monoisotopic (exact) mass is 613 g/mol. The summed E-state index contributed by atoms with van der Waals surface area (Å²) in [6, 6.07) is -0.738. The van der Waals surface area contributed by atoms with E-state index in [-0.39, 0.29) is 18.6 Å². The van der Waals surface area contributed by atoms with Gasteiger partial charge in [0.1, 0.15) is 42.4 Å². The van der Waals surface area contributed by atoms with Crippen LogP contribution in [0.4, 0.5) is 0 Å². The van der Waals surface area contributed by atoms with E-state index < -0.39 is 99.2 Å². The van der Waals surface area contributed by atoms with E-state index in [0.717, 1.165) is 0 Å². The van der Waals surface area contributed by atoms with Gasteiger partial charge in [0, 0.05) is 25.4 Å². The third kappa shape index (κ3) is 10.1. The molecule has 0 spiro atoms. The summed E-state index contributed by atoms with van der Waals surface area (Å²) in [5.41, 5.74) is 0. The van der Waals surface area contributed by atoms with Crippen LogP contribution in [0.1, 0.15) is 53.9 Å². The molecule has 2 aliphatic heterocycles. The number of likely N-dealkylation sites (N-methyl/N-ethyl adjacent to an activating group) is 1. The maximum Gasteiger partial charge on any atom is 0.189 e. The second-order valence-corrected chi connectivity index (χ2v) is 10.9. The SMILES string of the molecule is CCCOC1OC(CO)C(OC2OC(OC(CCC(C)=O)OC(C)C(O)C(O)CO)C(C)C(O)C2O)C(O)C1NCC. The zero-order valence-electron chi connectivity index (χ0n) is 25.0. The third-order valence-corrected chi connectivity index (χ3v) is 7.38. The lowest BCUT2D eigenvalue weighted by Crippen LogP contribution is -2.66. The standard InChI is InChI=1S/C27H51NO14/c1-6-10-37-26-19(28-7-2)22(35)24(17(12-30)39-26)41-27-23(36)20(33)14(4)25(42-27)40-18(9-8-13(3)31)38-15(5)21(34)16(32)11-29/h14-30,32-36H,6-12H2,1-5H3. The number of aliphatic hydroxyl groups excluding tert-OH is 7. The minimum atomic E-state index is -1.57. The first-order valence-corrected chi connectivity index (χ1v) is 14.6. The quantitative estimate of drug-likeness (QED) is 0.0763. The molecular weight excluding hydrogens is 562 g/mol. The molecule has 14 unspecified atom stereocenters. The second kappa shape index (κ2) is 18.2. The molecule has 0 aromatic rings. The predicted octanol–water partition coefficient (Wildman–Crippen LogP) is -2.27. The fourth-order valence-corrected chi connectivity index (χ4v) is 4.84. The Morgan fingerprint density at radius 1 is 1.00 bits per heavy atom. The van der Waals surface area contributed by atoms with Crippen molar-refractivity contribution in [2.24, 2.45) is 5.92 Å². The molecular formula is C27H51NO14. The molecule has 0 amide bonds. The van der Waals surface area contributed by atoms with Crippen LogP contribution in [0.5, 0.6) is 0 Å². The molecule has 2 saturated heterocycles. The van der Waals surface area contributed by atoms with Gasteiger partial charge >= 0.3 is 0 Å². The van der Waals surface area contributed by atoms with Crippen LogP contribution in [0.3, 0.4) is 0 Å². The molecule has 0 aliphatic carbocycles. The number of rotatable bonds is 18. The van der Waals surface area contributed by atoms with Gasteiger partial charge in [-0.3, -0.25) is 0 Å². The minimum absolute atomic E-state index is 0.0314. The van der Waals surface area contributed by atoms with Crippen molar-refractivity contribution in [3.63, 3.8) is 0 Å². The second-order valence-electron chi connectivity index (χ2n) is 10.9. The lowest BCUT2D eigenvalue weighted by atomic mass is 9.94. The number of aliphatic hydroxyl groups is 7. The van der Waals surface area contributed by atoms with Crippen molar-refractivity contribution in [3.05, 3.63) is 0 Å². The lowest BCUT2D eigenvalue weighted by molar-refractivity contribution is -0.388. The van der Waals surface area contributed by atoms with Gasteiger partial charge in [0.05, 0.1) is 31.5 Å². The van der Waals surface area contributed by atoms with E-state index in [1.165, 1.54) is 13.8 Å². The van der Waals surface area contributed by atoms with Crippen molar-refractivity contribution in [1.29, 1.82) is 0 Å². The van der Waals surface area contributed by atoms with E-state index in [1.54, 1.807) is 6.92 Å². The topological polar surface area (TPSA) is 226 Å². The van der Waals surface area contributed by atoms with Gasteiger partial charge < -0.3 is 74.3 Å². The van der Waals surface area contributed by atoms with Crippen molar-refractivity contribution in [1.82, 2.24) is 5.32 Å². The summed E-state index contributed by atoms with van der Waals surface area (Å²) in [4.78, 5) is 11.7. The van der Waals surface area contributed by atoms with Gasteiger partial charge in [-0.25, -0.2) is 0 Å². The van der Waals surface area contributed by atoms with Gasteiger partial charge in [0.15, 0.2) is 25.2 Å². The number of carbonyl (C=O) groups excluding carboxylic acids is 1. The predicted molar refractivity (Wildman–Crippen MR) is 145 cm³/mol. The summed E-state index contributed by atoms with van der Waals surface area (Å²) in [7, 11) is 0. The van der Waals surface area contributed by atoms with E-state index in [9.17, 15) is 35.4 Å². The zero-order chi connectivity index (χ0) is 31.6. The molecule has 0 bridgehead atoms. The Morgan fingerprint density at radius 2 is 1.69 bits per heavy atom. The van der Waals surface area contributed by atoms with Gasteiger partial charge in [-0.05, 0) is 26.8 Å². The van der Waals surface area contributed by atoms with Crippen LogP contribution in [-0.2, 0) is 33.2 Å². The Labute approximate surface area is 246 Å². The van der Waals surface area contributed by atoms with Crippen LogP contribution < -0.4 is 5.32 Å². The largest absolute Gasteiger partial charge is 0.394 e. The highest BCUT2D eigenvalue weighted by Gasteiger charge is 2.51. The van der Waals surface area contributed by atoms with E-state index in [1.807, 2.05) is 13.8 Å². The maximum atomic E-state index is 11.7. The lowest BCUT2D eigenvalue weighted by Gasteiger charge is -2.47. The Bertz CT molecular complexity index is 779. The molecule has 0 saturated carbocycles. The highest BCUT2D eigenvalue weighted by Crippen LogP contribution is 2.33. The summed E-state index contributed by atoms with van der Waals surface area (Å²) < 4.78 is 35.1. The van der Waals surface area contributed by atoms with Gasteiger partial charge in [-0.15, -0.1) is 0 Å². The molecule has 2 fully saturated rings. The molecule has 8 N–H and O–H groups in total. The van der Waals surface area contributed by atoms with E-state index in [2.05, 4.69) is 5.32 Å². The van der Waals surface area contributed by atoms with Crippen LogP contribution in [-0.4, -0.2) is 148 Å². The molecule has 42 heavy (non-hydrogen) atoms. The normalized spacial score (nSPS) is 36.8. The Morgan fingerprint density at radius 3 is 2.26 bits per heavy atom. The van der Waals surface area contributed by atoms with Crippen molar-refractivity contribution in [3.8, 4) is 0 Å². The first kappa shape index (κ1) is 37.3. The molecule has 0 radical (unpaired) electrons. The minimum Gasteiger partial charge on any atom is -0.394 e. The number of ether oxygens (including phenoxy) is 6. The first-order chi connectivity index (χ1) is 19.9. The van der Waals surface area contributed by atoms with Gasteiger partial charge in [-0.1, -0.05) is 20.8 Å². The zero-order valence-corrected chi connectivity index (χ0v) is 25.0. The van der Waals surface area contributed by atoms with Gasteiger partial charge in [0.2, 0.25) is 0 Å². The Hall–Kier alpha value is -0.890. The molecule has 0 aromatic carbocycles. The third-order valence-electron chi connectivity index (χ3n) is 7.38. The Balaban J connectivity index is 2.22. The summed E-state index contributed by atoms with van der Waals surface area (Å²) in [6.45, 7) is 7.70. The van der Waals surface area contributed by atoms with Gasteiger partial charge in [0.25, 0.3) is 0 Å². The molecule has 15 nitrogen and oxygen atoms in total. The Kier molecular flexibility index (Phi) is 16.1. The number of ketones is 1. The average molecular weight is 614 g/mol. The summed E-state index contributed by atoms with van der Waals surface area (Å²) in [5, 5.41) is 75.1.